The molecule has 1 unspecified atom stereocenters. The third-order valence-electron chi connectivity index (χ3n) is 3.20. The van der Waals surface area contributed by atoms with Gasteiger partial charge in [0.05, 0.1) is 11.5 Å². The van der Waals surface area contributed by atoms with Crippen molar-refractivity contribution in [3.8, 4) is 5.75 Å². The molecule has 0 aliphatic heterocycles. The number of ether oxygens (including phenoxy) is 2. The van der Waals surface area contributed by atoms with E-state index in [1.165, 1.54) is 19.2 Å². The first kappa shape index (κ1) is 15.7. The minimum atomic E-state index is -0.727. The van der Waals surface area contributed by atoms with Gasteiger partial charge in [0.25, 0.3) is 5.69 Å². The zero-order valence-electron chi connectivity index (χ0n) is 11.9. The molecule has 0 amide bonds. The van der Waals surface area contributed by atoms with Crippen LogP contribution in [0.25, 0.3) is 0 Å². The fourth-order valence-corrected chi connectivity index (χ4v) is 1.93. The van der Waals surface area contributed by atoms with E-state index in [0.29, 0.717) is 18.3 Å². The molecule has 0 radical (unpaired) electrons. The zero-order valence-corrected chi connectivity index (χ0v) is 11.9. The first-order valence-electron chi connectivity index (χ1n) is 6.90. The summed E-state index contributed by atoms with van der Waals surface area (Å²) in [6.07, 6.45) is 1.55. The SMILES string of the molecule is COCC(O)COc1ccc([N+](=O)[O-])cc1CNC1CC1. The lowest BCUT2D eigenvalue weighted by Gasteiger charge is -2.15. The molecule has 0 heterocycles. The Morgan fingerprint density at radius 1 is 1.48 bits per heavy atom. The fourth-order valence-electron chi connectivity index (χ4n) is 1.93. The van der Waals surface area contributed by atoms with Crippen molar-refractivity contribution < 1.29 is 19.5 Å². The maximum absolute atomic E-state index is 10.9. The molecule has 0 saturated heterocycles. The average Bonchev–Trinajstić information content (AvgIpc) is 3.27. The molecule has 0 bridgehead atoms. The van der Waals surface area contributed by atoms with Crippen molar-refractivity contribution in [2.75, 3.05) is 20.3 Å². The van der Waals surface area contributed by atoms with Crippen LogP contribution < -0.4 is 10.1 Å². The van der Waals surface area contributed by atoms with E-state index < -0.39 is 11.0 Å². The first-order valence-corrected chi connectivity index (χ1v) is 6.90. The summed E-state index contributed by atoms with van der Waals surface area (Å²) < 4.78 is 10.4. The lowest BCUT2D eigenvalue weighted by Crippen LogP contribution is -2.23. The number of benzene rings is 1. The summed E-state index contributed by atoms with van der Waals surface area (Å²) in [5.74, 6) is 0.545. The molecule has 116 valence electrons. The second-order valence-electron chi connectivity index (χ2n) is 5.12. The summed E-state index contributed by atoms with van der Waals surface area (Å²) in [5, 5.41) is 23.8. The van der Waals surface area contributed by atoms with E-state index in [1.54, 1.807) is 6.07 Å². The van der Waals surface area contributed by atoms with Crippen molar-refractivity contribution in [1.82, 2.24) is 5.32 Å². The predicted octanol–water partition coefficient (Wildman–Crippen LogP) is 1.23. The molecule has 1 aliphatic rings. The van der Waals surface area contributed by atoms with Crippen molar-refractivity contribution >= 4 is 5.69 Å². The number of aliphatic hydroxyl groups excluding tert-OH is 1. The van der Waals surface area contributed by atoms with Crippen LogP contribution in [0.15, 0.2) is 18.2 Å². The first-order chi connectivity index (χ1) is 10.1. The van der Waals surface area contributed by atoms with E-state index in [4.69, 9.17) is 9.47 Å². The van der Waals surface area contributed by atoms with E-state index in [-0.39, 0.29) is 18.9 Å². The summed E-state index contributed by atoms with van der Waals surface area (Å²) in [6, 6.07) is 4.98. The van der Waals surface area contributed by atoms with Crippen molar-refractivity contribution in [3.05, 3.63) is 33.9 Å². The number of hydrogen-bond donors (Lipinski definition) is 2. The molecule has 7 heteroatoms. The standard InChI is InChI=1S/C14H20N2O5/c1-20-8-13(17)9-21-14-5-4-12(16(18)19)6-10(14)7-15-11-2-3-11/h4-6,11,13,15,17H,2-3,7-9H2,1H3. The molecule has 0 spiro atoms. The Kier molecular flexibility index (Phi) is 5.49. The zero-order chi connectivity index (χ0) is 15.2. The molecule has 21 heavy (non-hydrogen) atoms. The second kappa shape index (κ2) is 7.35. The highest BCUT2D eigenvalue weighted by Gasteiger charge is 2.21. The molecule has 1 aromatic rings. The van der Waals surface area contributed by atoms with Gasteiger partial charge in [-0.3, -0.25) is 10.1 Å². The molecule has 2 rings (SSSR count). The molecule has 1 saturated carbocycles. The predicted molar refractivity (Wildman–Crippen MR) is 76.3 cm³/mol. The molecule has 2 N–H and O–H groups in total. The minimum Gasteiger partial charge on any atom is -0.490 e. The quantitative estimate of drug-likeness (QED) is 0.526. The van der Waals surface area contributed by atoms with Crippen LogP contribution in [0.2, 0.25) is 0 Å². The van der Waals surface area contributed by atoms with Crippen molar-refractivity contribution in [1.29, 1.82) is 0 Å². The number of non-ortho nitro benzene ring substituents is 1. The Balaban J connectivity index is 2.03. The number of rotatable bonds is 9. The lowest BCUT2D eigenvalue weighted by atomic mass is 10.1. The molecule has 1 aliphatic carbocycles. The molecule has 7 nitrogen and oxygen atoms in total. The van der Waals surface area contributed by atoms with E-state index in [9.17, 15) is 15.2 Å². The van der Waals surface area contributed by atoms with E-state index >= 15 is 0 Å². The van der Waals surface area contributed by atoms with Crippen molar-refractivity contribution in [2.24, 2.45) is 0 Å². The van der Waals surface area contributed by atoms with Gasteiger partial charge in [0.2, 0.25) is 0 Å². The van der Waals surface area contributed by atoms with Gasteiger partial charge in [0, 0.05) is 37.4 Å². The number of nitrogens with zero attached hydrogens (tertiary/aromatic N) is 1. The van der Waals surface area contributed by atoms with Gasteiger partial charge in [-0.05, 0) is 18.9 Å². The largest absolute Gasteiger partial charge is 0.490 e. The highest BCUT2D eigenvalue weighted by Crippen LogP contribution is 2.26. The summed E-state index contributed by atoms with van der Waals surface area (Å²) in [5.41, 5.74) is 0.758. The van der Waals surface area contributed by atoms with Crippen molar-refractivity contribution in [2.45, 2.75) is 31.5 Å². The number of aliphatic hydroxyl groups is 1. The molecular formula is C14H20N2O5. The van der Waals surface area contributed by atoms with Crippen LogP contribution in [0.4, 0.5) is 5.69 Å². The Morgan fingerprint density at radius 3 is 2.86 bits per heavy atom. The van der Waals surface area contributed by atoms with Gasteiger partial charge in [0.15, 0.2) is 0 Å². The van der Waals surface area contributed by atoms with Crippen LogP contribution in [0.5, 0.6) is 5.75 Å². The topological polar surface area (TPSA) is 93.9 Å². The lowest BCUT2D eigenvalue weighted by molar-refractivity contribution is -0.384. The summed E-state index contributed by atoms with van der Waals surface area (Å²) in [7, 11) is 1.50. The van der Waals surface area contributed by atoms with Gasteiger partial charge >= 0.3 is 0 Å². The second-order valence-corrected chi connectivity index (χ2v) is 5.12. The highest BCUT2D eigenvalue weighted by atomic mass is 16.6. The number of methoxy groups -OCH3 is 1. The number of nitro groups is 1. The molecular weight excluding hydrogens is 276 g/mol. The Hall–Kier alpha value is -1.70. The summed E-state index contributed by atoms with van der Waals surface area (Å²) >= 11 is 0. The van der Waals surface area contributed by atoms with E-state index in [2.05, 4.69) is 5.32 Å². The van der Waals surface area contributed by atoms with Crippen molar-refractivity contribution in [3.63, 3.8) is 0 Å². The van der Waals surface area contributed by atoms with Crippen LogP contribution in [-0.4, -0.2) is 42.5 Å². The van der Waals surface area contributed by atoms with Gasteiger partial charge in [-0.1, -0.05) is 0 Å². The summed E-state index contributed by atoms with van der Waals surface area (Å²) in [6.45, 7) is 0.784. The number of hydrogen-bond acceptors (Lipinski definition) is 6. The van der Waals surface area contributed by atoms with Crippen LogP contribution >= 0.6 is 0 Å². The third-order valence-corrected chi connectivity index (χ3v) is 3.20. The third kappa shape index (κ3) is 4.96. The maximum atomic E-state index is 10.9. The van der Waals surface area contributed by atoms with E-state index in [0.717, 1.165) is 18.4 Å². The summed E-state index contributed by atoms with van der Waals surface area (Å²) in [4.78, 5) is 10.4. The van der Waals surface area contributed by atoms with Crippen LogP contribution in [0, 0.1) is 10.1 Å². The molecule has 1 atom stereocenters. The van der Waals surface area contributed by atoms with E-state index in [1.807, 2.05) is 0 Å². The maximum Gasteiger partial charge on any atom is 0.270 e. The Morgan fingerprint density at radius 2 is 2.24 bits per heavy atom. The monoisotopic (exact) mass is 296 g/mol. The minimum absolute atomic E-state index is 0.0346. The van der Waals surface area contributed by atoms with Crippen LogP contribution in [0.3, 0.4) is 0 Å². The van der Waals surface area contributed by atoms with Gasteiger partial charge in [0.1, 0.15) is 18.5 Å². The normalized spacial score (nSPS) is 15.7. The van der Waals surface area contributed by atoms with Gasteiger partial charge in [-0.25, -0.2) is 0 Å². The average molecular weight is 296 g/mol. The van der Waals surface area contributed by atoms with Crippen LogP contribution in [-0.2, 0) is 11.3 Å². The van der Waals surface area contributed by atoms with Crippen LogP contribution in [0.1, 0.15) is 18.4 Å². The molecule has 1 fully saturated rings. The van der Waals surface area contributed by atoms with Gasteiger partial charge in [-0.2, -0.15) is 0 Å². The number of nitro benzene ring substituents is 1. The molecule has 0 aromatic heterocycles. The smallest absolute Gasteiger partial charge is 0.270 e. The Bertz CT molecular complexity index is 490. The molecule has 1 aromatic carbocycles. The van der Waals surface area contributed by atoms with Gasteiger partial charge < -0.3 is 19.9 Å². The fraction of sp³-hybridized carbons (Fsp3) is 0.571. The number of nitrogens with one attached hydrogen (secondary N) is 1. The van der Waals surface area contributed by atoms with Gasteiger partial charge in [-0.15, -0.1) is 0 Å². The Labute approximate surface area is 123 Å². The highest BCUT2D eigenvalue weighted by molar-refractivity contribution is 5.43.